The van der Waals surface area contributed by atoms with Crippen LogP contribution in [-0.4, -0.2) is 48.2 Å². The third kappa shape index (κ3) is 22.8. The van der Waals surface area contributed by atoms with Gasteiger partial charge in [-0.2, -0.15) is 0 Å². The Kier molecular flexibility index (Phi) is 28.1. The lowest BCUT2D eigenvalue weighted by atomic mass is 10.0. The minimum absolute atomic E-state index is 0.0962. The van der Waals surface area contributed by atoms with E-state index in [1.807, 2.05) is 4.90 Å². The first kappa shape index (κ1) is 36.9. The van der Waals surface area contributed by atoms with Gasteiger partial charge in [-0.1, -0.05) is 129 Å². The molecule has 0 aromatic heterocycles. The smallest absolute Gasteiger partial charge is 0.306 e. The molecule has 5 heteroatoms. The van der Waals surface area contributed by atoms with Crippen molar-refractivity contribution in [3.05, 3.63) is 0 Å². The Morgan fingerprint density at radius 1 is 0.632 bits per heavy atom. The summed E-state index contributed by atoms with van der Waals surface area (Å²) in [5, 5.41) is 7.00. The van der Waals surface area contributed by atoms with Gasteiger partial charge in [0.15, 0.2) is 0 Å². The van der Waals surface area contributed by atoms with Crippen LogP contribution in [0, 0.1) is 0 Å². The number of hydrogen-bond acceptors (Lipinski definition) is 4. The molecule has 5 nitrogen and oxygen atoms in total. The molecule has 226 valence electrons. The van der Waals surface area contributed by atoms with Crippen LogP contribution in [0.3, 0.4) is 0 Å². The summed E-state index contributed by atoms with van der Waals surface area (Å²) in [5.74, 6) is 0.0805. The molecule has 1 heterocycles. The molecule has 0 radical (unpaired) electrons. The number of aliphatic hydroxyl groups excluding tert-OH is 1. The molecule has 1 fully saturated rings. The summed E-state index contributed by atoms with van der Waals surface area (Å²) in [6.45, 7) is 6.27. The Morgan fingerprint density at radius 3 is 1.47 bits per heavy atom. The molecule has 1 aliphatic heterocycles. The molecule has 1 unspecified atom stereocenters. The number of amides is 1. The third-order valence-corrected chi connectivity index (χ3v) is 7.77. The number of carbonyl (C=O) groups is 2. The minimum Gasteiger partial charge on any atom is -0.462 e. The van der Waals surface area contributed by atoms with Crippen molar-refractivity contribution in [3.8, 4) is 0 Å². The maximum Gasteiger partial charge on any atom is 0.306 e. The molecule has 0 aliphatic carbocycles. The van der Waals surface area contributed by atoms with Crippen molar-refractivity contribution in [2.45, 2.75) is 180 Å². The number of rotatable bonds is 25. The van der Waals surface area contributed by atoms with Gasteiger partial charge in [0.25, 0.3) is 0 Å². The van der Waals surface area contributed by atoms with Crippen molar-refractivity contribution in [2.24, 2.45) is 0 Å². The number of likely N-dealkylation sites (tertiary alicyclic amines) is 1. The molecule has 0 saturated carbocycles. The number of nitrogens with zero attached hydrogens (tertiary/aromatic N) is 1. The highest BCUT2D eigenvalue weighted by Crippen LogP contribution is 2.18. The van der Waals surface area contributed by atoms with Crippen LogP contribution >= 0.6 is 0 Å². The average Bonchev–Trinajstić information content (AvgIpc) is 3.47. The average molecular weight is 540 g/mol. The molecule has 0 aromatic carbocycles. The highest BCUT2D eigenvalue weighted by atomic mass is 16.5. The molecule has 0 spiro atoms. The molecule has 0 aromatic rings. The topological polar surface area (TPSA) is 66.8 Å². The van der Waals surface area contributed by atoms with Crippen LogP contribution in [0.4, 0.5) is 0 Å². The molecular formula is C33H65NO4. The highest BCUT2D eigenvalue weighted by Gasteiger charge is 2.24. The zero-order valence-electron chi connectivity index (χ0n) is 25.8. The van der Waals surface area contributed by atoms with E-state index in [0.29, 0.717) is 12.8 Å². The lowest BCUT2D eigenvalue weighted by molar-refractivity contribution is -0.152. The van der Waals surface area contributed by atoms with E-state index in [2.05, 4.69) is 13.8 Å². The Bertz CT molecular complexity index is 519. The number of unbranched alkanes of at least 4 members (excludes halogenated alkanes) is 18. The second-order valence-electron chi connectivity index (χ2n) is 11.3. The first-order chi connectivity index (χ1) is 18.7. The van der Waals surface area contributed by atoms with Gasteiger partial charge in [0.2, 0.25) is 5.91 Å². The predicted molar refractivity (Wildman–Crippen MR) is 161 cm³/mol. The van der Waals surface area contributed by atoms with Crippen molar-refractivity contribution in [3.63, 3.8) is 0 Å². The number of esters is 1. The van der Waals surface area contributed by atoms with Crippen LogP contribution in [0.5, 0.6) is 0 Å². The van der Waals surface area contributed by atoms with Gasteiger partial charge in [-0.05, 0) is 32.1 Å². The molecular weight excluding hydrogens is 474 g/mol. The summed E-state index contributed by atoms with van der Waals surface area (Å²) < 4.78 is 5.86. The first-order valence-electron chi connectivity index (χ1n) is 16.6. The SMILES string of the molecule is CCCCCCCCCCCCCC(=O)OC(CCCCCCCCCCC)CC(=O)N1CCCC1.CO. The standard InChI is InChI=1S/C32H61NO3.CH4O/c1-3-5-7-9-11-13-14-16-18-20-22-26-32(35)36-30(29-31(34)33-27-23-24-28-33)25-21-19-17-15-12-10-8-6-4-2;1-2/h30H,3-29H2,1-2H3;2H,1H3. The second kappa shape index (κ2) is 28.9. The summed E-state index contributed by atoms with van der Waals surface area (Å²) in [7, 11) is 1.00. The van der Waals surface area contributed by atoms with E-state index in [1.165, 1.54) is 109 Å². The molecule has 1 rings (SSSR count). The van der Waals surface area contributed by atoms with Gasteiger partial charge < -0.3 is 14.7 Å². The zero-order valence-corrected chi connectivity index (χ0v) is 25.8. The minimum atomic E-state index is -0.233. The summed E-state index contributed by atoms with van der Waals surface area (Å²) in [6.07, 6.45) is 29.3. The number of carbonyl (C=O) groups excluding carboxylic acids is 2. The third-order valence-electron chi connectivity index (χ3n) is 7.77. The Balaban J connectivity index is 0.00000667. The van der Waals surface area contributed by atoms with E-state index in [9.17, 15) is 9.59 Å². The molecule has 1 atom stereocenters. The van der Waals surface area contributed by atoms with Crippen molar-refractivity contribution < 1.29 is 19.4 Å². The fourth-order valence-electron chi connectivity index (χ4n) is 5.35. The van der Waals surface area contributed by atoms with Crippen LogP contribution < -0.4 is 0 Å². The van der Waals surface area contributed by atoms with Gasteiger partial charge in [-0.25, -0.2) is 0 Å². The van der Waals surface area contributed by atoms with Crippen LogP contribution in [-0.2, 0) is 14.3 Å². The molecule has 1 saturated heterocycles. The largest absolute Gasteiger partial charge is 0.462 e. The second-order valence-corrected chi connectivity index (χ2v) is 11.3. The van der Waals surface area contributed by atoms with Crippen molar-refractivity contribution in [2.75, 3.05) is 20.2 Å². The van der Waals surface area contributed by atoms with E-state index >= 15 is 0 Å². The maximum atomic E-state index is 12.7. The Labute approximate surface area is 236 Å². The first-order valence-corrected chi connectivity index (χ1v) is 16.6. The lowest BCUT2D eigenvalue weighted by Gasteiger charge is -2.21. The fourth-order valence-corrected chi connectivity index (χ4v) is 5.35. The van der Waals surface area contributed by atoms with Crippen molar-refractivity contribution >= 4 is 11.9 Å². The van der Waals surface area contributed by atoms with Gasteiger partial charge in [0, 0.05) is 26.6 Å². The number of hydrogen-bond donors (Lipinski definition) is 1. The van der Waals surface area contributed by atoms with Gasteiger partial charge in [-0.3, -0.25) is 9.59 Å². The molecule has 1 aliphatic rings. The molecule has 0 bridgehead atoms. The van der Waals surface area contributed by atoms with Gasteiger partial charge in [0.05, 0.1) is 6.42 Å². The van der Waals surface area contributed by atoms with E-state index in [0.717, 1.165) is 58.7 Å². The molecule has 1 amide bonds. The monoisotopic (exact) mass is 539 g/mol. The summed E-state index contributed by atoms with van der Waals surface area (Å²) in [6, 6.07) is 0. The van der Waals surface area contributed by atoms with E-state index in [-0.39, 0.29) is 18.0 Å². The quantitative estimate of drug-likeness (QED) is 0.0927. The normalized spacial score (nSPS) is 13.7. The van der Waals surface area contributed by atoms with Crippen LogP contribution in [0.2, 0.25) is 0 Å². The highest BCUT2D eigenvalue weighted by molar-refractivity contribution is 5.77. The van der Waals surface area contributed by atoms with Crippen LogP contribution in [0.1, 0.15) is 174 Å². The Hall–Kier alpha value is -1.10. The summed E-state index contributed by atoms with van der Waals surface area (Å²) >= 11 is 0. The lowest BCUT2D eigenvalue weighted by Crippen LogP contribution is -2.32. The number of aliphatic hydroxyl groups is 1. The van der Waals surface area contributed by atoms with E-state index in [4.69, 9.17) is 9.84 Å². The Morgan fingerprint density at radius 2 is 1.03 bits per heavy atom. The van der Waals surface area contributed by atoms with Gasteiger partial charge >= 0.3 is 5.97 Å². The number of ether oxygens (including phenoxy) is 1. The van der Waals surface area contributed by atoms with E-state index in [1.54, 1.807) is 0 Å². The van der Waals surface area contributed by atoms with Gasteiger partial charge in [-0.15, -0.1) is 0 Å². The molecule has 1 N–H and O–H groups in total. The van der Waals surface area contributed by atoms with Crippen molar-refractivity contribution in [1.29, 1.82) is 0 Å². The molecule has 38 heavy (non-hydrogen) atoms. The van der Waals surface area contributed by atoms with Gasteiger partial charge in [0.1, 0.15) is 6.10 Å². The maximum absolute atomic E-state index is 12.7. The van der Waals surface area contributed by atoms with E-state index < -0.39 is 0 Å². The fraction of sp³-hybridized carbons (Fsp3) is 0.939. The zero-order chi connectivity index (χ0) is 28.1. The summed E-state index contributed by atoms with van der Waals surface area (Å²) in [4.78, 5) is 27.2. The van der Waals surface area contributed by atoms with Crippen LogP contribution in [0.15, 0.2) is 0 Å². The predicted octanol–water partition coefficient (Wildman–Crippen LogP) is 9.14. The van der Waals surface area contributed by atoms with Crippen LogP contribution in [0.25, 0.3) is 0 Å². The van der Waals surface area contributed by atoms with Crippen molar-refractivity contribution in [1.82, 2.24) is 4.90 Å². The summed E-state index contributed by atoms with van der Waals surface area (Å²) in [5.41, 5.74) is 0.